The first-order valence-corrected chi connectivity index (χ1v) is 6.76. The van der Waals surface area contributed by atoms with Gasteiger partial charge in [0.2, 0.25) is 0 Å². The zero-order valence-electron chi connectivity index (χ0n) is 11.5. The Kier molecular flexibility index (Phi) is 4.51. The van der Waals surface area contributed by atoms with E-state index in [-0.39, 0.29) is 13.1 Å². The molecule has 0 atom stereocenters. The van der Waals surface area contributed by atoms with Crippen LogP contribution in [0.1, 0.15) is 25.7 Å². The summed E-state index contributed by atoms with van der Waals surface area (Å²) >= 11 is 0. The number of carbonyl (C=O) groups excluding carboxylic acids is 1. The average molecular weight is 335 g/mol. The maximum absolute atomic E-state index is 12.3. The Morgan fingerprint density at radius 2 is 1.59 bits per heavy atom. The molecule has 2 aliphatic heterocycles. The van der Waals surface area contributed by atoms with E-state index < -0.39 is 30.2 Å². The van der Waals surface area contributed by atoms with Crippen LogP contribution in [0.2, 0.25) is 0 Å². The number of carbonyl (C=O) groups is 1. The number of rotatable bonds is 1. The normalized spacial score (nSPS) is 22.4. The molecule has 4 nitrogen and oxygen atoms in total. The maximum atomic E-state index is 12.3. The van der Waals surface area contributed by atoms with Crippen LogP contribution < -0.4 is 0 Å². The second kappa shape index (κ2) is 5.78. The highest BCUT2D eigenvalue weighted by atomic mass is 19.4. The third-order valence-electron chi connectivity index (χ3n) is 3.93. The van der Waals surface area contributed by atoms with Crippen LogP contribution in [-0.4, -0.2) is 54.7 Å². The van der Waals surface area contributed by atoms with Gasteiger partial charge in [-0.3, -0.25) is 0 Å². The molecule has 1 amide bonds. The zero-order valence-corrected chi connectivity index (χ0v) is 11.5. The van der Waals surface area contributed by atoms with Crippen molar-refractivity contribution in [2.45, 2.75) is 49.7 Å². The van der Waals surface area contributed by atoms with E-state index in [1.54, 1.807) is 0 Å². The molecule has 0 radical (unpaired) electrons. The second-order valence-corrected chi connectivity index (χ2v) is 5.47. The van der Waals surface area contributed by atoms with Crippen molar-refractivity contribution in [1.82, 2.24) is 4.90 Å². The SMILES string of the molecule is O=C(OC(C(F)(F)F)C(F)(F)F)N1CCC2(CCCO2)CC1. The van der Waals surface area contributed by atoms with E-state index in [2.05, 4.69) is 4.74 Å². The van der Waals surface area contributed by atoms with Crippen molar-refractivity contribution in [1.29, 1.82) is 0 Å². The summed E-state index contributed by atoms with van der Waals surface area (Å²) in [6, 6.07) is 0. The van der Waals surface area contributed by atoms with E-state index in [1.807, 2.05) is 0 Å². The monoisotopic (exact) mass is 335 g/mol. The first-order chi connectivity index (χ1) is 10.0. The second-order valence-electron chi connectivity index (χ2n) is 5.47. The molecule has 0 aromatic carbocycles. The van der Waals surface area contributed by atoms with E-state index >= 15 is 0 Å². The number of halogens is 6. The number of nitrogens with zero attached hydrogens (tertiary/aromatic N) is 1. The van der Waals surface area contributed by atoms with Crippen LogP contribution in [0.25, 0.3) is 0 Å². The molecule has 128 valence electrons. The maximum Gasteiger partial charge on any atom is 0.434 e. The number of hydrogen-bond donors (Lipinski definition) is 0. The minimum absolute atomic E-state index is 0.0151. The van der Waals surface area contributed by atoms with Crippen molar-refractivity contribution >= 4 is 6.09 Å². The van der Waals surface area contributed by atoms with Gasteiger partial charge in [-0.15, -0.1) is 0 Å². The van der Waals surface area contributed by atoms with Gasteiger partial charge in [0.15, 0.2) is 0 Å². The fourth-order valence-corrected chi connectivity index (χ4v) is 2.74. The van der Waals surface area contributed by atoms with E-state index in [0.29, 0.717) is 19.4 Å². The third-order valence-corrected chi connectivity index (χ3v) is 3.93. The summed E-state index contributed by atoms with van der Waals surface area (Å²) in [6.07, 6.45) is -14.7. The lowest BCUT2D eigenvalue weighted by Gasteiger charge is -2.38. The lowest BCUT2D eigenvalue weighted by molar-refractivity contribution is -0.308. The summed E-state index contributed by atoms with van der Waals surface area (Å²) in [6.45, 7) is 0.608. The Bertz CT molecular complexity index is 392. The molecule has 1 spiro atoms. The van der Waals surface area contributed by atoms with Crippen LogP contribution in [0.15, 0.2) is 0 Å². The van der Waals surface area contributed by atoms with Gasteiger partial charge in [-0.05, 0) is 25.7 Å². The largest absolute Gasteiger partial charge is 0.434 e. The number of amides is 1. The Labute approximate surface area is 122 Å². The predicted molar refractivity (Wildman–Crippen MR) is 61.1 cm³/mol. The van der Waals surface area contributed by atoms with Crippen molar-refractivity contribution in [2.75, 3.05) is 19.7 Å². The molecule has 2 saturated heterocycles. The van der Waals surface area contributed by atoms with Crippen molar-refractivity contribution in [3.8, 4) is 0 Å². The van der Waals surface area contributed by atoms with Gasteiger partial charge in [0.1, 0.15) is 0 Å². The van der Waals surface area contributed by atoms with Gasteiger partial charge in [0, 0.05) is 19.7 Å². The lowest BCUT2D eigenvalue weighted by atomic mass is 9.89. The molecule has 10 heteroatoms. The summed E-state index contributed by atoms with van der Waals surface area (Å²) in [5.41, 5.74) is -0.399. The smallest absolute Gasteiger partial charge is 0.426 e. The Morgan fingerprint density at radius 1 is 1.05 bits per heavy atom. The van der Waals surface area contributed by atoms with Crippen LogP contribution >= 0.6 is 0 Å². The van der Waals surface area contributed by atoms with Gasteiger partial charge in [-0.1, -0.05) is 0 Å². The predicted octanol–water partition coefficient (Wildman–Crippen LogP) is 3.26. The van der Waals surface area contributed by atoms with Gasteiger partial charge >= 0.3 is 18.4 Å². The molecule has 2 heterocycles. The van der Waals surface area contributed by atoms with Crippen molar-refractivity contribution in [2.24, 2.45) is 0 Å². The van der Waals surface area contributed by atoms with Crippen molar-refractivity contribution < 1.29 is 40.6 Å². The van der Waals surface area contributed by atoms with Gasteiger partial charge in [0.05, 0.1) is 5.60 Å². The number of likely N-dealkylation sites (tertiary alicyclic amines) is 1. The average Bonchev–Trinajstić information content (AvgIpc) is 2.82. The standard InChI is InChI=1S/C12H15F6NO3/c13-11(14,15)8(12(16,17)18)22-9(20)19-5-3-10(4-6-19)2-1-7-21-10/h8H,1-7H2. The number of hydrogen-bond acceptors (Lipinski definition) is 3. The first kappa shape index (κ1) is 17.2. The topological polar surface area (TPSA) is 38.8 Å². The fraction of sp³-hybridized carbons (Fsp3) is 0.917. The highest BCUT2D eigenvalue weighted by Gasteiger charge is 2.60. The van der Waals surface area contributed by atoms with Crippen LogP contribution in [0, 0.1) is 0 Å². The van der Waals surface area contributed by atoms with Gasteiger partial charge in [-0.25, -0.2) is 4.79 Å². The molecule has 0 aromatic rings. The molecule has 2 aliphatic rings. The molecule has 0 aromatic heterocycles. The molecule has 0 saturated carbocycles. The zero-order chi connectivity index (χ0) is 16.6. The minimum Gasteiger partial charge on any atom is -0.426 e. The Balaban J connectivity index is 1.94. The first-order valence-electron chi connectivity index (χ1n) is 6.76. The van der Waals surface area contributed by atoms with Gasteiger partial charge in [0.25, 0.3) is 6.10 Å². The molecule has 0 N–H and O–H groups in total. The number of alkyl halides is 6. The minimum atomic E-state index is -5.69. The van der Waals surface area contributed by atoms with Crippen molar-refractivity contribution in [3.63, 3.8) is 0 Å². The summed E-state index contributed by atoms with van der Waals surface area (Å²) < 4.78 is 83.3. The highest BCUT2D eigenvalue weighted by Crippen LogP contribution is 2.38. The summed E-state index contributed by atoms with van der Waals surface area (Å²) in [4.78, 5) is 12.4. The fourth-order valence-electron chi connectivity index (χ4n) is 2.74. The number of ether oxygens (including phenoxy) is 2. The summed E-state index contributed by atoms with van der Waals surface area (Å²) in [5.74, 6) is 0. The summed E-state index contributed by atoms with van der Waals surface area (Å²) in [5, 5.41) is 0. The van der Waals surface area contributed by atoms with E-state index in [9.17, 15) is 31.1 Å². The van der Waals surface area contributed by atoms with E-state index in [1.165, 1.54) is 0 Å². The molecule has 2 fully saturated rings. The quantitative estimate of drug-likeness (QED) is 0.691. The lowest BCUT2D eigenvalue weighted by Crippen LogP contribution is -2.51. The van der Waals surface area contributed by atoms with E-state index in [0.717, 1.165) is 17.7 Å². The molecule has 2 rings (SSSR count). The highest BCUT2D eigenvalue weighted by molar-refractivity contribution is 5.68. The molecular formula is C12H15F6NO3. The molecular weight excluding hydrogens is 320 g/mol. The van der Waals surface area contributed by atoms with E-state index in [4.69, 9.17) is 4.74 Å². The van der Waals surface area contributed by atoms with Crippen LogP contribution in [0.3, 0.4) is 0 Å². The molecule has 22 heavy (non-hydrogen) atoms. The van der Waals surface area contributed by atoms with Gasteiger partial charge in [-0.2, -0.15) is 26.3 Å². The van der Waals surface area contributed by atoms with Crippen LogP contribution in [0.5, 0.6) is 0 Å². The number of piperidine rings is 1. The molecule has 0 bridgehead atoms. The van der Waals surface area contributed by atoms with Gasteiger partial charge < -0.3 is 14.4 Å². The molecule has 0 unspecified atom stereocenters. The Hall–Kier alpha value is -1.19. The third kappa shape index (κ3) is 3.76. The van der Waals surface area contributed by atoms with Crippen LogP contribution in [-0.2, 0) is 9.47 Å². The summed E-state index contributed by atoms with van der Waals surface area (Å²) in [7, 11) is 0. The van der Waals surface area contributed by atoms with Crippen LogP contribution in [0.4, 0.5) is 31.1 Å². The molecule has 0 aliphatic carbocycles. The Morgan fingerprint density at radius 3 is 2.00 bits per heavy atom. The van der Waals surface area contributed by atoms with Crippen molar-refractivity contribution in [3.05, 3.63) is 0 Å².